The van der Waals surface area contributed by atoms with Gasteiger partial charge in [0.15, 0.2) is 0 Å². The van der Waals surface area contributed by atoms with Gasteiger partial charge in [0.1, 0.15) is 0 Å². The molecule has 0 radical (unpaired) electrons. The Morgan fingerprint density at radius 1 is 1.06 bits per heavy atom. The number of nitrogens with zero attached hydrogens (tertiary/aromatic N) is 1. The van der Waals surface area contributed by atoms with Gasteiger partial charge in [-0.2, -0.15) is 0 Å². The monoisotopic (exact) mass is 277 g/mol. The molecule has 0 bridgehead atoms. The Bertz CT molecular complexity index is 627. The Hall–Kier alpha value is -1.51. The number of rotatable bonds is 1. The van der Waals surface area contributed by atoms with Gasteiger partial charge in [0, 0.05) is 16.8 Å². The summed E-state index contributed by atoms with van der Waals surface area (Å²) in [4.78, 5) is 12.2. The highest BCUT2D eigenvalue weighted by Gasteiger charge is 2.37. The zero-order chi connectivity index (χ0) is 12.7. The van der Waals surface area contributed by atoms with Gasteiger partial charge in [0.25, 0.3) is 5.91 Å². The van der Waals surface area contributed by atoms with Crippen molar-refractivity contribution in [2.45, 2.75) is 5.92 Å². The van der Waals surface area contributed by atoms with E-state index in [0.29, 0.717) is 5.02 Å². The molecular weight excluding hydrogens is 269 g/mol. The normalized spacial score (nSPS) is 18.0. The first-order valence-corrected chi connectivity index (χ1v) is 6.24. The maximum Gasteiger partial charge on any atom is 0.253 e. The van der Waals surface area contributed by atoms with Gasteiger partial charge in [-0.05, 0) is 29.3 Å². The van der Waals surface area contributed by atoms with Crippen LogP contribution < -0.4 is 4.42 Å². The lowest BCUT2D eigenvalue weighted by Crippen LogP contribution is -2.19. The molecule has 0 saturated heterocycles. The van der Waals surface area contributed by atoms with E-state index in [1.165, 1.54) is 4.42 Å². The van der Waals surface area contributed by atoms with Crippen LogP contribution in [0.15, 0.2) is 48.5 Å². The number of fused-ring (bicyclic) bond motifs is 1. The summed E-state index contributed by atoms with van der Waals surface area (Å²) in [5, 5.41) is 0.616. The van der Waals surface area contributed by atoms with Crippen LogP contribution >= 0.6 is 23.4 Å². The number of para-hydroxylation sites is 1. The van der Waals surface area contributed by atoms with Crippen molar-refractivity contribution in [3.63, 3.8) is 0 Å². The lowest BCUT2D eigenvalue weighted by atomic mass is 9.93. The third-order valence-corrected chi connectivity index (χ3v) is 3.67. The second kappa shape index (κ2) is 4.30. The van der Waals surface area contributed by atoms with Crippen molar-refractivity contribution >= 4 is 35.0 Å². The minimum absolute atomic E-state index is 0.139. The number of benzene rings is 2. The van der Waals surface area contributed by atoms with Gasteiger partial charge in [-0.15, -0.1) is 0 Å². The van der Waals surface area contributed by atoms with Crippen LogP contribution in [0, 0.1) is 0 Å². The van der Waals surface area contributed by atoms with E-state index >= 15 is 0 Å². The lowest BCUT2D eigenvalue weighted by molar-refractivity contribution is -0.117. The first kappa shape index (κ1) is 11.6. The molecule has 0 aliphatic carbocycles. The molecular formula is C14H9Cl2NO. The Morgan fingerprint density at radius 2 is 1.83 bits per heavy atom. The number of halogens is 2. The van der Waals surface area contributed by atoms with Gasteiger partial charge in [0.2, 0.25) is 0 Å². The van der Waals surface area contributed by atoms with Crippen LogP contribution in [0.3, 0.4) is 0 Å². The summed E-state index contributed by atoms with van der Waals surface area (Å²) >= 11 is 12.0. The van der Waals surface area contributed by atoms with E-state index in [9.17, 15) is 4.79 Å². The zero-order valence-electron chi connectivity index (χ0n) is 9.31. The quantitative estimate of drug-likeness (QED) is 0.723. The minimum Gasteiger partial charge on any atom is -0.272 e. The summed E-state index contributed by atoms with van der Waals surface area (Å²) in [5.74, 6) is -0.502. The van der Waals surface area contributed by atoms with E-state index in [1.54, 1.807) is 12.1 Å². The summed E-state index contributed by atoms with van der Waals surface area (Å²) in [6, 6.07) is 14.8. The maximum atomic E-state index is 12.2. The third-order valence-electron chi connectivity index (χ3n) is 3.08. The van der Waals surface area contributed by atoms with Crippen LogP contribution in [0.1, 0.15) is 17.0 Å². The predicted octanol–water partition coefficient (Wildman–Crippen LogP) is 3.97. The summed E-state index contributed by atoms with van der Waals surface area (Å²) in [6.07, 6.45) is 0. The molecule has 0 saturated carbocycles. The Kier molecular flexibility index (Phi) is 2.77. The molecule has 90 valence electrons. The smallest absolute Gasteiger partial charge is 0.253 e. The van der Waals surface area contributed by atoms with Crippen LogP contribution in [0.2, 0.25) is 5.02 Å². The molecule has 1 aliphatic rings. The van der Waals surface area contributed by atoms with Crippen molar-refractivity contribution in [3.05, 3.63) is 64.7 Å². The molecule has 2 aromatic rings. The molecule has 1 heterocycles. The molecule has 0 aromatic heterocycles. The number of hydrogen-bond donors (Lipinski definition) is 0. The number of carbonyl (C=O) groups is 1. The predicted molar refractivity (Wildman–Crippen MR) is 73.1 cm³/mol. The van der Waals surface area contributed by atoms with Crippen molar-refractivity contribution in [1.82, 2.24) is 0 Å². The third kappa shape index (κ3) is 1.69. The fourth-order valence-electron chi connectivity index (χ4n) is 2.28. The van der Waals surface area contributed by atoms with Crippen LogP contribution in [-0.2, 0) is 4.79 Å². The summed E-state index contributed by atoms with van der Waals surface area (Å²) in [6.45, 7) is 0. The Morgan fingerprint density at radius 3 is 2.61 bits per heavy atom. The molecule has 0 spiro atoms. The topological polar surface area (TPSA) is 20.3 Å². The first-order valence-electron chi connectivity index (χ1n) is 5.52. The highest BCUT2D eigenvalue weighted by molar-refractivity contribution is 6.40. The van der Waals surface area contributed by atoms with Gasteiger partial charge >= 0.3 is 0 Å². The van der Waals surface area contributed by atoms with Crippen LogP contribution in [0.4, 0.5) is 5.69 Å². The summed E-state index contributed by atoms with van der Waals surface area (Å²) < 4.78 is 1.18. The Labute approximate surface area is 115 Å². The van der Waals surface area contributed by atoms with Gasteiger partial charge in [-0.1, -0.05) is 41.9 Å². The van der Waals surface area contributed by atoms with Crippen LogP contribution in [-0.4, -0.2) is 5.91 Å². The summed E-state index contributed by atoms with van der Waals surface area (Å²) in [5.41, 5.74) is 2.53. The molecule has 1 atom stereocenters. The highest BCUT2D eigenvalue weighted by Crippen LogP contribution is 2.42. The van der Waals surface area contributed by atoms with E-state index in [1.807, 2.05) is 36.4 Å². The van der Waals surface area contributed by atoms with E-state index in [0.717, 1.165) is 16.8 Å². The Balaban J connectivity index is 2.16. The molecule has 0 fully saturated rings. The van der Waals surface area contributed by atoms with Gasteiger partial charge < -0.3 is 0 Å². The average Bonchev–Trinajstić information content (AvgIpc) is 2.63. The molecule has 1 unspecified atom stereocenters. The van der Waals surface area contributed by atoms with Gasteiger partial charge in [-0.3, -0.25) is 4.79 Å². The SMILES string of the molecule is O=C1C(c2cccc(Cl)c2)c2ccccc2N1Cl. The van der Waals surface area contributed by atoms with Crippen molar-refractivity contribution in [2.24, 2.45) is 0 Å². The number of anilines is 1. The largest absolute Gasteiger partial charge is 0.272 e. The maximum absolute atomic E-state index is 12.2. The molecule has 3 rings (SSSR count). The molecule has 2 nitrogen and oxygen atoms in total. The molecule has 1 amide bonds. The van der Waals surface area contributed by atoms with E-state index in [-0.39, 0.29) is 11.8 Å². The number of amides is 1. The number of carbonyl (C=O) groups excluding carboxylic acids is 1. The molecule has 1 aliphatic heterocycles. The molecule has 0 N–H and O–H groups in total. The highest BCUT2D eigenvalue weighted by atomic mass is 35.5. The molecule has 4 heteroatoms. The van der Waals surface area contributed by atoms with Crippen molar-refractivity contribution in [2.75, 3.05) is 4.42 Å². The van der Waals surface area contributed by atoms with Crippen molar-refractivity contribution < 1.29 is 4.79 Å². The first-order chi connectivity index (χ1) is 8.68. The standard InChI is InChI=1S/C14H9Cl2NO/c15-10-5-3-4-9(8-10)13-11-6-1-2-7-12(11)17(16)14(13)18/h1-8,13H. The fourth-order valence-corrected chi connectivity index (χ4v) is 2.73. The molecule has 18 heavy (non-hydrogen) atoms. The van der Waals surface area contributed by atoms with E-state index in [2.05, 4.69) is 0 Å². The van der Waals surface area contributed by atoms with Gasteiger partial charge in [-0.25, -0.2) is 4.42 Å². The van der Waals surface area contributed by atoms with E-state index in [4.69, 9.17) is 23.4 Å². The lowest BCUT2D eigenvalue weighted by Gasteiger charge is -2.10. The van der Waals surface area contributed by atoms with Crippen LogP contribution in [0.25, 0.3) is 0 Å². The van der Waals surface area contributed by atoms with E-state index < -0.39 is 0 Å². The summed E-state index contributed by atoms with van der Waals surface area (Å²) in [7, 11) is 0. The fraction of sp³-hybridized carbons (Fsp3) is 0.0714. The average molecular weight is 278 g/mol. The minimum atomic E-state index is -0.364. The molecule has 2 aromatic carbocycles. The van der Waals surface area contributed by atoms with Crippen molar-refractivity contribution in [1.29, 1.82) is 0 Å². The number of hydrogen-bond acceptors (Lipinski definition) is 1. The second-order valence-electron chi connectivity index (χ2n) is 4.17. The van der Waals surface area contributed by atoms with Crippen LogP contribution in [0.5, 0.6) is 0 Å². The van der Waals surface area contributed by atoms with Crippen molar-refractivity contribution in [3.8, 4) is 0 Å². The zero-order valence-corrected chi connectivity index (χ0v) is 10.8. The second-order valence-corrected chi connectivity index (χ2v) is 4.94. The van der Waals surface area contributed by atoms with Gasteiger partial charge in [0.05, 0.1) is 11.6 Å².